The van der Waals surface area contributed by atoms with Crippen LogP contribution in [0.2, 0.25) is 0 Å². The summed E-state index contributed by atoms with van der Waals surface area (Å²) in [4.78, 5) is 24.9. The first-order valence-electron chi connectivity index (χ1n) is 8.07. The molecule has 26 heavy (non-hydrogen) atoms. The molecule has 0 aliphatic heterocycles. The minimum Gasteiger partial charge on any atom is -0.461 e. The molecule has 0 saturated heterocycles. The molecule has 0 aliphatic carbocycles. The van der Waals surface area contributed by atoms with Crippen LogP contribution < -0.4 is 0 Å². The van der Waals surface area contributed by atoms with E-state index in [9.17, 15) is 4.79 Å². The molecule has 3 heterocycles. The standard InChI is InChI=1S/C18H15BrN4O2S/c1-2-25-17(24)16-14(20-15-8-7-11(19)9-23(15)16)10-26-18-21-12-5-3-4-6-13(12)22-18/h3-9H,2,10H2,1H3,(H,21,22). The second kappa shape index (κ2) is 7.13. The summed E-state index contributed by atoms with van der Waals surface area (Å²) >= 11 is 4.94. The summed E-state index contributed by atoms with van der Waals surface area (Å²) in [5.74, 6) is 0.131. The fourth-order valence-corrected chi connectivity index (χ4v) is 3.87. The number of ether oxygens (including phenoxy) is 1. The van der Waals surface area contributed by atoms with E-state index in [0.29, 0.717) is 29.4 Å². The number of halogens is 1. The number of aromatic nitrogens is 4. The van der Waals surface area contributed by atoms with E-state index in [0.717, 1.165) is 20.7 Å². The number of carbonyl (C=O) groups excluding carboxylic acids is 1. The molecule has 0 spiro atoms. The predicted octanol–water partition coefficient (Wildman–Crippen LogP) is 4.44. The summed E-state index contributed by atoms with van der Waals surface area (Å²) in [6.07, 6.45) is 1.82. The monoisotopic (exact) mass is 430 g/mol. The molecule has 0 bridgehead atoms. The molecule has 132 valence electrons. The Labute approximate surface area is 162 Å². The normalized spacial score (nSPS) is 11.3. The second-order valence-electron chi connectivity index (χ2n) is 5.55. The lowest BCUT2D eigenvalue weighted by Gasteiger charge is -2.04. The number of para-hydroxylation sites is 2. The highest BCUT2D eigenvalue weighted by Gasteiger charge is 2.21. The Morgan fingerprint density at radius 3 is 2.92 bits per heavy atom. The molecule has 4 aromatic rings. The van der Waals surface area contributed by atoms with Crippen LogP contribution in [0.25, 0.3) is 16.7 Å². The second-order valence-corrected chi connectivity index (χ2v) is 7.43. The molecule has 8 heteroatoms. The van der Waals surface area contributed by atoms with E-state index in [1.807, 2.05) is 42.6 Å². The van der Waals surface area contributed by atoms with E-state index in [1.165, 1.54) is 11.8 Å². The van der Waals surface area contributed by atoms with Crippen molar-refractivity contribution in [2.24, 2.45) is 0 Å². The number of nitrogens with zero attached hydrogens (tertiary/aromatic N) is 3. The average Bonchev–Trinajstić information content (AvgIpc) is 3.20. The van der Waals surface area contributed by atoms with Crippen molar-refractivity contribution >= 4 is 50.3 Å². The zero-order valence-electron chi connectivity index (χ0n) is 13.9. The Morgan fingerprint density at radius 1 is 1.27 bits per heavy atom. The number of esters is 1. The Balaban J connectivity index is 1.68. The van der Waals surface area contributed by atoms with Gasteiger partial charge in [0, 0.05) is 16.4 Å². The van der Waals surface area contributed by atoms with Crippen molar-refractivity contribution in [2.45, 2.75) is 17.8 Å². The molecule has 0 saturated carbocycles. The molecule has 4 rings (SSSR count). The van der Waals surface area contributed by atoms with Gasteiger partial charge in [0.15, 0.2) is 10.9 Å². The Morgan fingerprint density at radius 2 is 2.12 bits per heavy atom. The zero-order valence-corrected chi connectivity index (χ0v) is 16.3. The summed E-state index contributed by atoms with van der Waals surface area (Å²) in [6, 6.07) is 11.6. The van der Waals surface area contributed by atoms with Gasteiger partial charge in [-0.3, -0.25) is 4.40 Å². The number of fused-ring (bicyclic) bond motifs is 2. The van der Waals surface area contributed by atoms with Gasteiger partial charge in [-0.15, -0.1) is 0 Å². The summed E-state index contributed by atoms with van der Waals surface area (Å²) < 4.78 is 7.85. The first-order chi connectivity index (χ1) is 12.7. The van der Waals surface area contributed by atoms with Gasteiger partial charge in [-0.2, -0.15) is 0 Å². The molecule has 3 aromatic heterocycles. The largest absolute Gasteiger partial charge is 0.461 e. The molecule has 0 radical (unpaired) electrons. The molecule has 1 aromatic carbocycles. The molecule has 6 nitrogen and oxygen atoms in total. The number of thioether (sulfide) groups is 1. The maximum atomic E-state index is 12.5. The van der Waals surface area contributed by atoms with Crippen LogP contribution in [-0.2, 0) is 10.5 Å². The number of hydrogen-bond donors (Lipinski definition) is 1. The highest BCUT2D eigenvalue weighted by molar-refractivity contribution is 9.10. The number of carbonyl (C=O) groups is 1. The third-order valence-corrected chi connectivity index (χ3v) is 5.19. The van der Waals surface area contributed by atoms with Crippen molar-refractivity contribution in [2.75, 3.05) is 6.61 Å². The zero-order chi connectivity index (χ0) is 18.1. The number of aromatic amines is 1. The third kappa shape index (κ3) is 3.22. The van der Waals surface area contributed by atoms with E-state index in [4.69, 9.17) is 4.74 Å². The highest BCUT2D eigenvalue weighted by atomic mass is 79.9. The van der Waals surface area contributed by atoms with Crippen molar-refractivity contribution in [1.82, 2.24) is 19.4 Å². The topological polar surface area (TPSA) is 72.3 Å². The van der Waals surface area contributed by atoms with E-state index in [1.54, 1.807) is 11.3 Å². The minimum atomic E-state index is -0.377. The molecule has 1 N–H and O–H groups in total. The van der Waals surface area contributed by atoms with Crippen LogP contribution in [0.5, 0.6) is 0 Å². The predicted molar refractivity (Wildman–Crippen MR) is 105 cm³/mol. The first kappa shape index (κ1) is 17.1. The van der Waals surface area contributed by atoms with Gasteiger partial charge in [-0.25, -0.2) is 14.8 Å². The summed E-state index contributed by atoms with van der Waals surface area (Å²) in [7, 11) is 0. The Hall–Kier alpha value is -2.32. The quantitative estimate of drug-likeness (QED) is 0.374. The Kier molecular flexibility index (Phi) is 4.69. The Bertz CT molecular complexity index is 1070. The van der Waals surface area contributed by atoms with Gasteiger partial charge in [0.1, 0.15) is 5.65 Å². The molecule has 0 unspecified atom stereocenters. The average molecular weight is 431 g/mol. The summed E-state index contributed by atoms with van der Waals surface area (Å²) in [5.41, 5.74) is 3.73. The highest BCUT2D eigenvalue weighted by Crippen LogP contribution is 2.26. The molecule has 0 aliphatic rings. The van der Waals surface area contributed by atoms with Crippen LogP contribution in [0.15, 0.2) is 52.2 Å². The molecular weight excluding hydrogens is 416 g/mol. The van der Waals surface area contributed by atoms with Gasteiger partial charge in [0.05, 0.1) is 23.3 Å². The van der Waals surface area contributed by atoms with E-state index >= 15 is 0 Å². The van der Waals surface area contributed by atoms with Crippen LogP contribution in [0, 0.1) is 0 Å². The number of imidazole rings is 2. The maximum absolute atomic E-state index is 12.5. The third-order valence-electron chi connectivity index (χ3n) is 3.84. The van der Waals surface area contributed by atoms with Crippen molar-refractivity contribution in [3.63, 3.8) is 0 Å². The number of H-pyrrole nitrogens is 1. The van der Waals surface area contributed by atoms with Crippen molar-refractivity contribution < 1.29 is 9.53 Å². The molecular formula is C18H15BrN4O2S. The number of pyridine rings is 1. The van der Waals surface area contributed by atoms with Gasteiger partial charge in [0.25, 0.3) is 0 Å². The smallest absolute Gasteiger partial charge is 0.357 e. The molecule has 0 fully saturated rings. The minimum absolute atomic E-state index is 0.316. The first-order valence-corrected chi connectivity index (χ1v) is 9.84. The SMILES string of the molecule is CCOC(=O)c1c(CSc2nc3ccccc3[nH]2)nc2ccc(Br)cn12. The van der Waals surface area contributed by atoms with E-state index in [-0.39, 0.29) is 5.97 Å². The number of rotatable bonds is 5. The van der Waals surface area contributed by atoms with Crippen molar-refractivity contribution in [3.8, 4) is 0 Å². The van der Waals surface area contributed by atoms with Crippen LogP contribution in [0.1, 0.15) is 23.1 Å². The van der Waals surface area contributed by atoms with E-state index < -0.39 is 0 Å². The van der Waals surface area contributed by atoms with Gasteiger partial charge in [-0.05, 0) is 47.1 Å². The van der Waals surface area contributed by atoms with Gasteiger partial charge in [-0.1, -0.05) is 23.9 Å². The number of benzene rings is 1. The van der Waals surface area contributed by atoms with Crippen LogP contribution in [0.3, 0.4) is 0 Å². The fourth-order valence-electron chi connectivity index (χ4n) is 2.72. The summed E-state index contributed by atoms with van der Waals surface area (Å²) in [5, 5.41) is 0.791. The fraction of sp³-hybridized carbons (Fsp3) is 0.167. The number of hydrogen-bond acceptors (Lipinski definition) is 5. The van der Waals surface area contributed by atoms with Gasteiger partial charge in [0.2, 0.25) is 0 Å². The number of nitrogens with one attached hydrogen (secondary N) is 1. The van der Waals surface area contributed by atoms with Crippen molar-refractivity contribution in [1.29, 1.82) is 0 Å². The maximum Gasteiger partial charge on any atom is 0.357 e. The lowest BCUT2D eigenvalue weighted by atomic mass is 10.3. The van der Waals surface area contributed by atoms with Crippen molar-refractivity contribution in [3.05, 3.63) is 58.5 Å². The van der Waals surface area contributed by atoms with Crippen LogP contribution in [0.4, 0.5) is 0 Å². The lowest BCUT2D eigenvalue weighted by molar-refractivity contribution is 0.0517. The van der Waals surface area contributed by atoms with Crippen LogP contribution in [-0.4, -0.2) is 31.9 Å². The molecule has 0 atom stereocenters. The molecule has 0 amide bonds. The summed E-state index contributed by atoms with van der Waals surface area (Å²) in [6.45, 7) is 2.11. The van der Waals surface area contributed by atoms with Gasteiger partial charge < -0.3 is 9.72 Å². The van der Waals surface area contributed by atoms with Gasteiger partial charge >= 0.3 is 5.97 Å². The lowest BCUT2D eigenvalue weighted by Crippen LogP contribution is -2.10. The van der Waals surface area contributed by atoms with E-state index in [2.05, 4.69) is 30.9 Å². The van der Waals surface area contributed by atoms with Crippen LogP contribution >= 0.6 is 27.7 Å².